The largest absolute Gasteiger partial charge is 0.332 e. The van der Waals surface area contributed by atoms with Crippen molar-refractivity contribution >= 4 is 45.6 Å². The number of amides is 1. The highest BCUT2D eigenvalue weighted by atomic mass is 35.5. The van der Waals surface area contributed by atoms with E-state index < -0.39 is 0 Å². The lowest BCUT2D eigenvalue weighted by molar-refractivity contribution is -0.128. The van der Waals surface area contributed by atoms with Gasteiger partial charge in [-0.25, -0.2) is 4.98 Å². The molecule has 3 aromatic heterocycles. The van der Waals surface area contributed by atoms with Crippen molar-refractivity contribution in [2.45, 2.75) is 31.7 Å². The summed E-state index contributed by atoms with van der Waals surface area (Å²) in [6, 6.07) is 7.69. The van der Waals surface area contributed by atoms with Crippen LogP contribution in [0.4, 0.5) is 0 Å². The summed E-state index contributed by atoms with van der Waals surface area (Å²) in [4.78, 5) is 24.2. The van der Waals surface area contributed by atoms with Crippen molar-refractivity contribution in [3.63, 3.8) is 0 Å². The number of fused-ring (bicyclic) bond motifs is 2. The Labute approximate surface area is 207 Å². The lowest BCUT2D eigenvalue weighted by Crippen LogP contribution is -2.41. The van der Waals surface area contributed by atoms with Gasteiger partial charge in [-0.15, -0.1) is 0 Å². The van der Waals surface area contributed by atoms with Crippen LogP contribution in [-0.4, -0.2) is 47.2 Å². The number of hydrogen-bond acceptors (Lipinski definition) is 5. The molecule has 6 rings (SSSR count). The van der Waals surface area contributed by atoms with Gasteiger partial charge in [-0.1, -0.05) is 36.7 Å². The van der Waals surface area contributed by atoms with Crippen LogP contribution in [0.3, 0.4) is 0 Å². The van der Waals surface area contributed by atoms with Crippen molar-refractivity contribution in [2.24, 2.45) is 13.0 Å². The fraction of sp³-hybridized carbons (Fsp3) is 0.320. The maximum absolute atomic E-state index is 13.3. The lowest BCUT2D eigenvalue weighted by Gasteiger charge is -2.29. The molecule has 4 aromatic rings. The number of aromatic nitrogens is 5. The summed E-state index contributed by atoms with van der Waals surface area (Å²) in [5, 5.41) is 6.69. The average molecular weight is 491 g/mol. The zero-order valence-electron chi connectivity index (χ0n) is 18.9. The quantitative estimate of drug-likeness (QED) is 0.383. The Kier molecular flexibility index (Phi) is 5.04. The highest BCUT2D eigenvalue weighted by molar-refractivity contribution is 7.80. The Morgan fingerprint density at radius 1 is 1.21 bits per heavy atom. The number of likely N-dealkylation sites (N-methyl/N-ethyl adjacent to an activating group) is 1. The number of halogens is 1. The highest BCUT2D eigenvalue weighted by Gasteiger charge is 2.42. The van der Waals surface area contributed by atoms with Crippen molar-refractivity contribution in [3.8, 4) is 11.4 Å². The predicted molar refractivity (Wildman–Crippen MR) is 135 cm³/mol. The van der Waals surface area contributed by atoms with E-state index in [-0.39, 0.29) is 11.8 Å². The molecule has 34 heavy (non-hydrogen) atoms. The number of carbonyl (C=O) groups is 1. The molecule has 1 unspecified atom stereocenters. The van der Waals surface area contributed by atoms with Crippen LogP contribution >= 0.6 is 23.8 Å². The smallest absolute Gasteiger partial charge is 0.236 e. The first-order valence-electron chi connectivity index (χ1n) is 11.3. The average Bonchev–Trinajstić information content (AvgIpc) is 3.44. The minimum absolute atomic E-state index is 0.0340. The molecule has 1 aliphatic heterocycles. The van der Waals surface area contributed by atoms with E-state index in [2.05, 4.69) is 9.97 Å². The Morgan fingerprint density at radius 2 is 2.03 bits per heavy atom. The Balaban J connectivity index is 1.56. The van der Waals surface area contributed by atoms with Gasteiger partial charge in [-0.2, -0.15) is 5.10 Å². The monoisotopic (exact) mass is 490 g/mol. The molecule has 1 atom stereocenters. The number of rotatable bonds is 5. The van der Waals surface area contributed by atoms with Gasteiger partial charge in [0.15, 0.2) is 0 Å². The second kappa shape index (κ2) is 7.99. The molecule has 1 fully saturated rings. The first kappa shape index (κ1) is 21.4. The molecule has 1 saturated carbocycles. The van der Waals surface area contributed by atoms with Crippen LogP contribution in [0.1, 0.15) is 42.0 Å². The molecule has 1 amide bonds. The number of aryl methyl sites for hydroxylation is 1. The van der Waals surface area contributed by atoms with Gasteiger partial charge in [-0.05, 0) is 42.2 Å². The number of imidazole rings is 1. The first-order chi connectivity index (χ1) is 16.4. The van der Waals surface area contributed by atoms with E-state index >= 15 is 0 Å². The van der Waals surface area contributed by atoms with Crippen LogP contribution in [-0.2, 0) is 18.4 Å². The molecule has 0 spiro atoms. The molecule has 9 heteroatoms. The Morgan fingerprint density at radius 3 is 2.76 bits per heavy atom. The first-order valence-corrected chi connectivity index (χ1v) is 12.1. The minimum atomic E-state index is -0.281. The highest BCUT2D eigenvalue weighted by Crippen LogP contribution is 2.44. The fourth-order valence-electron chi connectivity index (χ4n) is 4.89. The third-order valence-electron chi connectivity index (χ3n) is 6.90. The summed E-state index contributed by atoms with van der Waals surface area (Å²) in [7, 11) is 3.73. The van der Waals surface area contributed by atoms with E-state index in [0.717, 1.165) is 45.5 Å². The van der Waals surface area contributed by atoms with Crippen LogP contribution in [0.25, 0.3) is 22.3 Å². The fourth-order valence-corrected chi connectivity index (χ4v) is 5.35. The lowest BCUT2D eigenvalue weighted by atomic mass is 9.89. The molecule has 0 saturated heterocycles. The predicted octanol–water partition coefficient (Wildman–Crippen LogP) is 4.56. The van der Waals surface area contributed by atoms with Crippen LogP contribution in [0, 0.1) is 5.92 Å². The van der Waals surface area contributed by atoms with Gasteiger partial charge < -0.3 is 9.47 Å². The molecule has 7 nitrogen and oxygen atoms in total. The van der Waals surface area contributed by atoms with Gasteiger partial charge in [0, 0.05) is 30.7 Å². The molecule has 172 valence electrons. The van der Waals surface area contributed by atoms with Crippen molar-refractivity contribution in [1.29, 1.82) is 0 Å². The third-order valence-corrected chi connectivity index (χ3v) is 7.61. The molecule has 2 aliphatic rings. The summed E-state index contributed by atoms with van der Waals surface area (Å²) < 4.78 is 3.93. The van der Waals surface area contributed by atoms with Crippen molar-refractivity contribution < 1.29 is 4.79 Å². The molecule has 1 aromatic carbocycles. The maximum atomic E-state index is 13.3. The number of pyridine rings is 1. The van der Waals surface area contributed by atoms with Gasteiger partial charge in [-0.3, -0.25) is 14.5 Å². The molecule has 0 radical (unpaired) electrons. The zero-order chi connectivity index (χ0) is 23.6. The second-order valence-electron chi connectivity index (χ2n) is 9.22. The molecule has 1 aliphatic carbocycles. The van der Waals surface area contributed by atoms with E-state index in [4.69, 9.17) is 28.9 Å². The van der Waals surface area contributed by atoms with Crippen LogP contribution < -0.4 is 0 Å². The van der Waals surface area contributed by atoms with Crippen molar-refractivity contribution in [2.75, 3.05) is 7.05 Å². The third kappa shape index (κ3) is 3.44. The second-order valence-corrected chi connectivity index (χ2v) is 10.0. The SMILES string of the molecule is CN1C(=O)C(CC2CC2)c2nn(Cc3ccnc4ccc(Cl)cc34)c(-c3cncn3C)c2C1=S. The summed E-state index contributed by atoms with van der Waals surface area (Å²) in [5.41, 5.74) is 5.35. The van der Waals surface area contributed by atoms with Gasteiger partial charge in [0.25, 0.3) is 0 Å². The molecular formula is C25H23ClN6OS. The topological polar surface area (TPSA) is 68.8 Å². The summed E-state index contributed by atoms with van der Waals surface area (Å²) >= 11 is 12.1. The van der Waals surface area contributed by atoms with Gasteiger partial charge >= 0.3 is 0 Å². The van der Waals surface area contributed by atoms with Crippen molar-refractivity contribution in [3.05, 3.63) is 64.8 Å². The normalized spacial score (nSPS) is 18.1. The van der Waals surface area contributed by atoms with E-state index in [9.17, 15) is 4.79 Å². The number of carbonyl (C=O) groups excluding carboxylic acids is 1. The van der Waals surface area contributed by atoms with E-state index in [1.807, 2.05) is 46.8 Å². The van der Waals surface area contributed by atoms with E-state index in [1.54, 1.807) is 24.5 Å². The molecule has 4 heterocycles. The summed E-state index contributed by atoms with van der Waals surface area (Å²) in [5.74, 6) is 0.335. The van der Waals surface area contributed by atoms with Crippen LogP contribution in [0.5, 0.6) is 0 Å². The number of hydrogen-bond donors (Lipinski definition) is 0. The standard InChI is InChI=1S/C25H23ClN6OS/c1-30-13-27-11-20(30)23-21-22(18(9-14-3-4-14)24(33)31(2)25(21)34)29-32(23)12-15-7-8-28-19-6-5-16(26)10-17(15)19/h5-8,10-11,13-14,18H,3-4,9,12H2,1-2H3. The number of thiocarbonyl (C=S) groups is 1. The molecular weight excluding hydrogens is 468 g/mol. The summed E-state index contributed by atoms with van der Waals surface area (Å²) in [6.45, 7) is 0.490. The van der Waals surface area contributed by atoms with Gasteiger partial charge in [0.05, 0.1) is 53.1 Å². The van der Waals surface area contributed by atoms with Gasteiger partial charge in [0.1, 0.15) is 4.99 Å². The van der Waals surface area contributed by atoms with Crippen LogP contribution in [0.15, 0.2) is 43.0 Å². The van der Waals surface area contributed by atoms with Crippen molar-refractivity contribution in [1.82, 2.24) is 29.2 Å². The van der Waals surface area contributed by atoms with Crippen LogP contribution in [0.2, 0.25) is 5.02 Å². The summed E-state index contributed by atoms with van der Waals surface area (Å²) in [6.07, 6.45) is 8.55. The maximum Gasteiger partial charge on any atom is 0.236 e. The Bertz CT molecular complexity index is 1470. The zero-order valence-corrected chi connectivity index (χ0v) is 20.5. The number of nitrogens with zero attached hydrogens (tertiary/aromatic N) is 6. The Hall–Kier alpha value is -3.10. The van der Waals surface area contributed by atoms with E-state index in [0.29, 0.717) is 22.5 Å². The van der Waals surface area contributed by atoms with Gasteiger partial charge in [0.2, 0.25) is 5.91 Å². The van der Waals surface area contributed by atoms with E-state index in [1.165, 1.54) is 12.8 Å². The number of benzene rings is 1. The minimum Gasteiger partial charge on any atom is -0.332 e. The molecule has 0 bridgehead atoms. The molecule has 0 N–H and O–H groups in total.